The van der Waals surface area contributed by atoms with Crippen molar-refractivity contribution in [3.63, 3.8) is 0 Å². The normalized spacial score (nSPS) is 19.0. The number of hydrogen-bond acceptors (Lipinski definition) is 5. The fourth-order valence-corrected chi connectivity index (χ4v) is 4.09. The highest BCUT2D eigenvalue weighted by molar-refractivity contribution is 5.94. The largest absolute Gasteiger partial charge is 0.381 e. The fraction of sp³-hybridized carbons (Fsp3) is 0.455. The molecule has 3 heterocycles. The molecule has 1 saturated heterocycles. The van der Waals surface area contributed by atoms with Gasteiger partial charge < -0.3 is 15.0 Å². The monoisotopic (exact) mass is 407 g/mol. The average molecular weight is 407 g/mol. The van der Waals surface area contributed by atoms with Gasteiger partial charge in [-0.3, -0.25) is 14.3 Å². The topological polar surface area (TPSA) is 100 Å². The van der Waals surface area contributed by atoms with Gasteiger partial charge in [-0.15, -0.1) is 0 Å². The maximum absolute atomic E-state index is 13.0. The number of rotatable bonds is 5. The number of nitrogens with one attached hydrogen (secondary N) is 1. The van der Waals surface area contributed by atoms with E-state index in [1.807, 2.05) is 10.7 Å². The molecule has 2 aromatic rings. The van der Waals surface area contributed by atoms with Gasteiger partial charge in [0.1, 0.15) is 0 Å². The lowest BCUT2D eigenvalue weighted by molar-refractivity contribution is -0.122. The molecule has 1 aromatic heterocycles. The predicted molar refractivity (Wildman–Crippen MR) is 108 cm³/mol. The molecular formula is C22H25N5O3. The van der Waals surface area contributed by atoms with Gasteiger partial charge in [0.15, 0.2) is 0 Å². The Kier molecular flexibility index (Phi) is 6.10. The number of nitrogens with zero attached hydrogens (tertiary/aromatic N) is 4. The lowest BCUT2D eigenvalue weighted by Crippen LogP contribution is -2.43. The van der Waals surface area contributed by atoms with E-state index >= 15 is 0 Å². The molecule has 8 heteroatoms. The average Bonchev–Trinajstić information content (AvgIpc) is 3.27. The molecule has 8 nitrogen and oxygen atoms in total. The predicted octanol–water partition coefficient (Wildman–Crippen LogP) is 1.88. The van der Waals surface area contributed by atoms with Crippen molar-refractivity contribution in [2.75, 3.05) is 26.3 Å². The molecular weight excluding hydrogens is 382 g/mol. The second kappa shape index (κ2) is 9.09. The van der Waals surface area contributed by atoms with Gasteiger partial charge in [-0.25, -0.2) is 0 Å². The summed E-state index contributed by atoms with van der Waals surface area (Å²) in [4.78, 5) is 27.4. The van der Waals surface area contributed by atoms with Crippen molar-refractivity contribution in [1.82, 2.24) is 20.0 Å². The number of carbonyl (C=O) groups excluding carboxylic acids is 2. The first kappa shape index (κ1) is 20.1. The lowest BCUT2D eigenvalue weighted by Gasteiger charge is -2.34. The number of carbonyl (C=O) groups is 2. The van der Waals surface area contributed by atoms with Crippen molar-refractivity contribution in [3.05, 3.63) is 53.3 Å². The van der Waals surface area contributed by atoms with Crippen LogP contribution in [0.1, 0.15) is 46.9 Å². The minimum absolute atomic E-state index is 0.0336. The first-order valence-corrected chi connectivity index (χ1v) is 10.3. The lowest BCUT2D eigenvalue weighted by atomic mass is 10.0. The Labute approximate surface area is 175 Å². The molecule has 0 aliphatic carbocycles. The third-order valence-corrected chi connectivity index (χ3v) is 5.76. The molecule has 0 unspecified atom stereocenters. The van der Waals surface area contributed by atoms with E-state index in [4.69, 9.17) is 10.00 Å². The highest BCUT2D eigenvalue weighted by Crippen LogP contribution is 2.25. The first-order chi connectivity index (χ1) is 14.6. The number of nitriles is 1. The summed E-state index contributed by atoms with van der Waals surface area (Å²) in [6.07, 6.45) is 3.90. The zero-order chi connectivity index (χ0) is 20.9. The van der Waals surface area contributed by atoms with Crippen LogP contribution in [0.3, 0.4) is 0 Å². The summed E-state index contributed by atoms with van der Waals surface area (Å²) in [7, 11) is 0. The van der Waals surface area contributed by atoms with Gasteiger partial charge in [-0.2, -0.15) is 10.4 Å². The molecule has 0 saturated carbocycles. The van der Waals surface area contributed by atoms with Crippen molar-refractivity contribution in [2.45, 2.75) is 31.8 Å². The SMILES string of the molecule is N#Cc1cccc(C(=O)N2Cc3ccnn3[C@H](CC(=O)NCC3CCOCC3)C2)c1. The van der Waals surface area contributed by atoms with Crippen LogP contribution in [-0.4, -0.2) is 52.8 Å². The smallest absolute Gasteiger partial charge is 0.254 e. The Balaban J connectivity index is 1.42. The number of benzene rings is 1. The molecule has 4 rings (SSSR count). The number of amides is 2. The third-order valence-electron chi connectivity index (χ3n) is 5.76. The minimum atomic E-state index is -0.221. The Morgan fingerprint density at radius 2 is 2.10 bits per heavy atom. The number of fused-ring (bicyclic) bond motifs is 1. The van der Waals surface area contributed by atoms with E-state index in [0.717, 1.165) is 31.7 Å². The summed E-state index contributed by atoms with van der Waals surface area (Å²) in [5.74, 6) is 0.278. The van der Waals surface area contributed by atoms with Crippen molar-refractivity contribution < 1.29 is 14.3 Å². The quantitative estimate of drug-likeness (QED) is 0.816. The molecule has 30 heavy (non-hydrogen) atoms. The van der Waals surface area contributed by atoms with Gasteiger partial charge in [0, 0.05) is 38.1 Å². The summed E-state index contributed by atoms with van der Waals surface area (Å²) in [6, 6.07) is 10.4. The molecule has 1 aromatic carbocycles. The zero-order valence-electron chi connectivity index (χ0n) is 16.8. The number of aromatic nitrogens is 2. The van der Waals surface area contributed by atoms with Crippen LogP contribution in [0.4, 0.5) is 0 Å². The van der Waals surface area contributed by atoms with Gasteiger partial charge in [0.25, 0.3) is 5.91 Å². The third kappa shape index (κ3) is 4.52. The highest BCUT2D eigenvalue weighted by atomic mass is 16.5. The maximum atomic E-state index is 13.0. The highest BCUT2D eigenvalue weighted by Gasteiger charge is 2.30. The molecule has 0 bridgehead atoms. The van der Waals surface area contributed by atoms with Crippen LogP contribution < -0.4 is 5.32 Å². The van der Waals surface area contributed by atoms with Gasteiger partial charge in [-0.1, -0.05) is 6.07 Å². The summed E-state index contributed by atoms with van der Waals surface area (Å²) >= 11 is 0. The van der Waals surface area contributed by atoms with Crippen LogP contribution in [0, 0.1) is 17.2 Å². The summed E-state index contributed by atoms with van der Waals surface area (Å²) in [5.41, 5.74) is 1.82. The molecule has 2 amide bonds. The maximum Gasteiger partial charge on any atom is 0.254 e. The van der Waals surface area contributed by atoms with Crippen LogP contribution >= 0.6 is 0 Å². The van der Waals surface area contributed by atoms with Crippen LogP contribution in [0.5, 0.6) is 0 Å². The summed E-state index contributed by atoms with van der Waals surface area (Å²) < 4.78 is 7.21. The fourth-order valence-electron chi connectivity index (χ4n) is 4.09. The van der Waals surface area contributed by atoms with Crippen LogP contribution in [0.2, 0.25) is 0 Å². The molecule has 2 aliphatic rings. The molecule has 0 radical (unpaired) electrons. The molecule has 1 N–H and O–H groups in total. The molecule has 0 spiro atoms. The molecule has 1 fully saturated rings. The number of hydrogen-bond donors (Lipinski definition) is 1. The van der Waals surface area contributed by atoms with E-state index in [-0.39, 0.29) is 24.3 Å². The Morgan fingerprint density at radius 1 is 1.27 bits per heavy atom. The standard InChI is InChI=1S/C22H25N5O3/c23-12-17-2-1-3-18(10-17)22(29)26-14-19-4-7-25-27(19)20(15-26)11-21(28)24-13-16-5-8-30-9-6-16/h1-4,7,10,16,20H,5-6,8-9,11,13-15H2,(H,24,28)/t20-/m1/s1. The van der Waals surface area contributed by atoms with Crippen LogP contribution in [0.15, 0.2) is 36.5 Å². The second-order valence-electron chi connectivity index (χ2n) is 7.86. The van der Waals surface area contributed by atoms with E-state index in [0.29, 0.717) is 36.7 Å². The van der Waals surface area contributed by atoms with Gasteiger partial charge >= 0.3 is 0 Å². The van der Waals surface area contributed by atoms with E-state index < -0.39 is 0 Å². The van der Waals surface area contributed by atoms with E-state index in [9.17, 15) is 9.59 Å². The summed E-state index contributed by atoms with van der Waals surface area (Å²) in [6.45, 7) is 2.99. The molecule has 1 atom stereocenters. The molecule has 156 valence electrons. The van der Waals surface area contributed by atoms with Crippen molar-refractivity contribution in [1.29, 1.82) is 5.26 Å². The van der Waals surface area contributed by atoms with Gasteiger partial charge in [0.2, 0.25) is 5.91 Å². The zero-order valence-corrected chi connectivity index (χ0v) is 16.8. The van der Waals surface area contributed by atoms with Crippen LogP contribution in [-0.2, 0) is 16.1 Å². The Bertz CT molecular complexity index is 958. The van der Waals surface area contributed by atoms with Crippen molar-refractivity contribution in [2.24, 2.45) is 5.92 Å². The van der Waals surface area contributed by atoms with Gasteiger partial charge in [-0.05, 0) is 43.0 Å². The second-order valence-corrected chi connectivity index (χ2v) is 7.86. The van der Waals surface area contributed by atoms with Crippen molar-refractivity contribution >= 4 is 11.8 Å². The Hall–Kier alpha value is -3.18. The Morgan fingerprint density at radius 3 is 2.90 bits per heavy atom. The first-order valence-electron chi connectivity index (χ1n) is 10.3. The molecule has 2 aliphatic heterocycles. The minimum Gasteiger partial charge on any atom is -0.381 e. The number of ether oxygens (including phenoxy) is 1. The van der Waals surface area contributed by atoms with Gasteiger partial charge in [0.05, 0.1) is 36.3 Å². The van der Waals surface area contributed by atoms with Crippen molar-refractivity contribution in [3.8, 4) is 6.07 Å². The van der Waals surface area contributed by atoms with E-state index in [2.05, 4.69) is 16.5 Å². The van der Waals surface area contributed by atoms with E-state index in [1.165, 1.54) is 0 Å². The summed E-state index contributed by atoms with van der Waals surface area (Å²) in [5, 5.41) is 16.5. The van der Waals surface area contributed by atoms with Crippen LogP contribution in [0.25, 0.3) is 0 Å². The van der Waals surface area contributed by atoms with E-state index in [1.54, 1.807) is 35.4 Å².